The number of benzene rings is 1. The molecule has 1 aromatic carbocycles. The van der Waals surface area contributed by atoms with Crippen molar-refractivity contribution >= 4 is 31.6 Å². The first-order chi connectivity index (χ1) is 8.88. The largest absolute Gasteiger partial charge is 0.399 e. The van der Waals surface area contributed by atoms with Crippen molar-refractivity contribution in [2.24, 2.45) is 5.92 Å². The Hall–Kier alpha value is -0.630. The number of likely N-dealkylation sites (tertiary alicyclic amines) is 1. The van der Waals surface area contributed by atoms with Crippen LogP contribution in [0.5, 0.6) is 0 Å². The van der Waals surface area contributed by atoms with Crippen molar-refractivity contribution in [2.45, 2.75) is 11.3 Å². The number of hydrogen-bond donors (Lipinski definition) is 2. The number of hydrogen-bond acceptors (Lipinski definition) is 4. The normalized spacial score (nSPS) is 20.8. The predicted octanol–water partition coefficient (Wildman–Crippen LogP) is 1.26. The van der Waals surface area contributed by atoms with E-state index in [0.717, 1.165) is 19.5 Å². The van der Waals surface area contributed by atoms with E-state index in [-0.39, 0.29) is 4.90 Å². The van der Waals surface area contributed by atoms with Crippen LogP contribution in [0.25, 0.3) is 0 Å². The second-order valence-electron chi connectivity index (χ2n) is 4.96. The first-order valence-electron chi connectivity index (χ1n) is 6.12. The predicted molar refractivity (Wildman–Crippen MR) is 79.3 cm³/mol. The van der Waals surface area contributed by atoms with E-state index in [0.29, 0.717) is 22.6 Å². The summed E-state index contributed by atoms with van der Waals surface area (Å²) in [6.45, 7) is 2.44. The van der Waals surface area contributed by atoms with Gasteiger partial charge in [0.25, 0.3) is 0 Å². The van der Waals surface area contributed by atoms with Crippen molar-refractivity contribution in [3.63, 3.8) is 0 Å². The van der Waals surface area contributed by atoms with E-state index in [9.17, 15) is 8.42 Å². The number of nitrogens with two attached hydrogens (primary N) is 1. The number of nitrogens with zero attached hydrogens (tertiary/aromatic N) is 1. The van der Waals surface area contributed by atoms with Crippen molar-refractivity contribution < 1.29 is 8.42 Å². The van der Waals surface area contributed by atoms with Crippen LogP contribution in [0.1, 0.15) is 6.42 Å². The van der Waals surface area contributed by atoms with Crippen LogP contribution in [-0.2, 0) is 10.0 Å². The third-order valence-electron chi connectivity index (χ3n) is 3.30. The molecule has 1 aromatic rings. The van der Waals surface area contributed by atoms with Gasteiger partial charge in [-0.2, -0.15) is 0 Å². The lowest BCUT2D eigenvalue weighted by atomic mass is 10.1. The second kappa shape index (κ2) is 5.78. The van der Waals surface area contributed by atoms with Crippen LogP contribution in [0.3, 0.4) is 0 Å². The summed E-state index contributed by atoms with van der Waals surface area (Å²) in [6.07, 6.45) is 1.03. The molecule has 7 heteroatoms. The van der Waals surface area contributed by atoms with Crippen molar-refractivity contribution in [3.8, 4) is 0 Å². The molecule has 2 rings (SSSR count). The lowest BCUT2D eigenvalue weighted by Crippen LogP contribution is -2.30. The minimum atomic E-state index is -3.48. The van der Waals surface area contributed by atoms with Gasteiger partial charge >= 0.3 is 0 Å². The minimum absolute atomic E-state index is 0.230. The van der Waals surface area contributed by atoms with E-state index in [1.54, 1.807) is 12.1 Å². The van der Waals surface area contributed by atoms with Gasteiger partial charge in [0.2, 0.25) is 10.0 Å². The molecule has 3 N–H and O–H groups in total. The van der Waals surface area contributed by atoms with E-state index in [4.69, 9.17) is 5.73 Å². The van der Waals surface area contributed by atoms with Crippen LogP contribution >= 0.6 is 15.9 Å². The summed E-state index contributed by atoms with van der Waals surface area (Å²) in [5.74, 6) is 0.382. The highest BCUT2D eigenvalue weighted by Gasteiger charge is 2.23. The number of sulfonamides is 1. The molecule has 1 aliphatic rings. The quantitative estimate of drug-likeness (QED) is 0.804. The van der Waals surface area contributed by atoms with E-state index in [1.165, 1.54) is 6.07 Å². The summed E-state index contributed by atoms with van der Waals surface area (Å²) in [4.78, 5) is 2.44. The zero-order valence-corrected chi connectivity index (χ0v) is 13.2. The molecule has 1 saturated heterocycles. The van der Waals surface area contributed by atoms with Crippen LogP contribution in [0.4, 0.5) is 5.69 Å². The van der Waals surface area contributed by atoms with Crippen LogP contribution in [0, 0.1) is 5.92 Å². The Morgan fingerprint density at radius 3 is 2.84 bits per heavy atom. The van der Waals surface area contributed by atoms with Gasteiger partial charge in [-0.15, -0.1) is 0 Å². The third-order valence-corrected chi connectivity index (χ3v) is 5.70. The molecule has 1 unspecified atom stereocenters. The van der Waals surface area contributed by atoms with Crippen LogP contribution in [0.2, 0.25) is 0 Å². The first-order valence-corrected chi connectivity index (χ1v) is 8.39. The van der Waals surface area contributed by atoms with Gasteiger partial charge in [0.05, 0.1) is 4.90 Å². The first kappa shape index (κ1) is 14.8. The molecule has 0 radical (unpaired) electrons. The smallest absolute Gasteiger partial charge is 0.241 e. The monoisotopic (exact) mass is 347 g/mol. The van der Waals surface area contributed by atoms with Gasteiger partial charge in [-0.25, -0.2) is 13.1 Å². The SMILES string of the molecule is CN1CCC(CNS(=O)(=O)c2ccc(N)cc2Br)C1. The fourth-order valence-electron chi connectivity index (χ4n) is 2.23. The van der Waals surface area contributed by atoms with E-state index in [2.05, 4.69) is 25.6 Å². The molecule has 0 aromatic heterocycles. The van der Waals surface area contributed by atoms with Gasteiger partial charge < -0.3 is 10.6 Å². The molecular formula is C12H18BrN3O2S. The molecule has 0 amide bonds. The molecule has 5 nitrogen and oxygen atoms in total. The average molecular weight is 348 g/mol. The average Bonchev–Trinajstić information content (AvgIpc) is 2.72. The summed E-state index contributed by atoms with van der Waals surface area (Å²) in [7, 11) is -1.44. The van der Waals surface area contributed by atoms with Crippen LogP contribution < -0.4 is 10.5 Å². The van der Waals surface area contributed by atoms with Gasteiger partial charge in [0.1, 0.15) is 0 Å². The summed E-state index contributed by atoms with van der Waals surface area (Å²) in [5, 5.41) is 0. The maximum absolute atomic E-state index is 12.2. The van der Waals surface area contributed by atoms with E-state index in [1.807, 2.05) is 7.05 Å². The zero-order chi connectivity index (χ0) is 14.0. The Kier molecular flexibility index (Phi) is 4.50. The van der Waals surface area contributed by atoms with Gasteiger partial charge in [-0.3, -0.25) is 0 Å². The highest BCUT2D eigenvalue weighted by Crippen LogP contribution is 2.24. The molecule has 1 heterocycles. The van der Waals surface area contributed by atoms with Gasteiger partial charge in [0.15, 0.2) is 0 Å². The fourth-order valence-corrected chi connectivity index (χ4v) is 4.44. The van der Waals surface area contributed by atoms with E-state index < -0.39 is 10.0 Å². The topological polar surface area (TPSA) is 75.4 Å². The molecule has 1 aliphatic heterocycles. The summed E-state index contributed by atoms with van der Waals surface area (Å²) < 4.78 is 27.6. The Bertz CT molecular complexity index is 562. The molecule has 19 heavy (non-hydrogen) atoms. The molecular weight excluding hydrogens is 330 g/mol. The summed E-state index contributed by atoms with van der Waals surface area (Å²) in [5.41, 5.74) is 6.14. The molecule has 0 saturated carbocycles. The molecule has 1 fully saturated rings. The minimum Gasteiger partial charge on any atom is -0.399 e. The molecule has 0 bridgehead atoms. The van der Waals surface area contributed by atoms with Crippen molar-refractivity contribution in [1.29, 1.82) is 0 Å². The lowest BCUT2D eigenvalue weighted by Gasteiger charge is -2.13. The molecule has 106 valence electrons. The Morgan fingerprint density at radius 2 is 2.26 bits per heavy atom. The van der Waals surface area contributed by atoms with E-state index >= 15 is 0 Å². The standard InChI is InChI=1S/C12H18BrN3O2S/c1-16-5-4-9(8-16)7-15-19(17,18)12-3-2-10(14)6-11(12)13/h2-3,6,9,15H,4-5,7-8,14H2,1H3. The number of anilines is 1. The lowest BCUT2D eigenvalue weighted by molar-refractivity contribution is 0.394. The number of halogens is 1. The van der Waals surface area contributed by atoms with Gasteiger partial charge in [-0.05, 0) is 60.1 Å². The van der Waals surface area contributed by atoms with Gasteiger partial charge in [0, 0.05) is 23.2 Å². The van der Waals surface area contributed by atoms with Crippen LogP contribution in [0.15, 0.2) is 27.6 Å². The van der Waals surface area contributed by atoms with Crippen LogP contribution in [-0.4, -0.2) is 40.0 Å². The van der Waals surface area contributed by atoms with Crippen molar-refractivity contribution in [3.05, 3.63) is 22.7 Å². The van der Waals surface area contributed by atoms with Crippen molar-refractivity contribution in [1.82, 2.24) is 9.62 Å². The summed E-state index contributed by atoms with van der Waals surface area (Å²) >= 11 is 3.24. The highest BCUT2D eigenvalue weighted by molar-refractivity contribution is 9.10. The fraction of sp³-hybridized carbons (Fsp3) is 0.500. The van der Waals surface area contributed by atoms with Gasteiger partial charge in [-0.1, -0.05) is 0 Å². The number of nitrogen functional groups attached to an aromatic ring is 1. The molecule has 0 aliphatic carbocycles. The Morgan fingerprint density at radius 1 is 1.53 bits per heavy atom. The molecule has 0 spiro atoms. The maximum atomic E-state index is 12.2. The number of rotatable bonds is 4. The Labute approximate surface area is 122 Å². The highest BCUT2D eigenvalue weighted by atomic mass is 79.9. The Balaban J connectivity index is 2.06. The maximum Gasteiger partial charge on any atom is 0.241 e. The van der Waals surface area contributed by atoms with Crippen molar-refractivity contribution in [2.75, 3.05) is 32.4 Å². The second-order valence-corrected chi connectivity index (χ2v) is 7.55. The third kappa shape index (κ3) is 3.68. The number of nitrogens with one attached hydrogen (secondary N) is 1. The molecule has 1 atom stereocenters. The zero-order valence-electron chi connectivity index (χ0n) is 10.8. The summed E-state index contributed by atoms with van der Waals surface area (Å²) in [6, 6.07) is 4.70.